The van der Waals surface area contributed by atoms with Crippen LogP contribution in [0, 0.1) is 6.92 Å². The summed E-state index contributed by atoms with van der Waals surface area (Å²) in [6.07, 6.45) is 1.23. The third-order valence-electron chi connectivity index (χ3n) is 17.6. The summed E-state index contributed by atoms with van der Waals surface area (Å²) in [4.78, 5) is 74.9. The lowest BCUT2D eigenvalue weighted by atomic mass is 10.0. The maximum atomic E-state index is 13.1. The Morgan fingerprint density at radius 1 is 0.518 bits per heavy atom. The van der Waals surface area contributed by atoms with Gasteiger partial charge in [-0.05, 0) is 110 Å². The number of ketones is 2. The molecule has 1 N–H and O–H groups in total. The zero-order valence-corrected chi connectivity index (χ0v) is 68.0. The SMILES string of the molecule is CC(=O)O/N=C(\CCSc1ccc(Cl)cc1)C(=O)c1ccc(Sc2ccc(C(=O)c3ccccc3)cc2)cc1.Cc1nc(-c2ccccc2)nc(C(Cl)(Cl)Cl)n1.Clc1ccccc1-c1nc(-c2ccccc2)c(-c2ccccc2)n1C1(c2ccccc2Cl)N=C(c2ccccc2)C(c2ccccc2)=N1.S=C1Cc2ccccc2N1. The van der Waals surface area contributed by atoms with Crippen LogP contribution >= 0.6 is 105 Å². The lowest BCUT2D eigenvalue weighted by Gasteiger charge is -2.30. The summed E-state index contributed by atoms with van der Waals surface area (Å²) in [5, 5.41) is 8.71. The Kier molecular flexibility index (Phi) is 27.2. The first-order valence-electron chi connectivity index (χ1n) is 35.8. The van der Waals surface area contributed by atoms with Crippen LogP contribution in [0.2, 0.25) is 15.1 Å². The second-order valence-electron chi connectivity index (χ2n) is 25.6. The largest absolute Gasteiger partial charge is 0.350 e. The molecule has 114 heavy (non-hydrogen) atoms. The van der Waals surface area contributed by atoms with Crippen molar-refractivity contribution in [2.45, 2.75) is 51.0 Å². The Labute approximate surface area is 704 Å². The van der Waals surface area contributed by atoms with E-state index < -0.39 is 15.5 Å². The summed E-state index contributed by atoms with van der Waals surface area (Å²) in [6, 6.07) is 105. The van der Waals surface area contributed by atoms with E-state index in [4.69, 9.17) is 102 Å². The van der Waals surface area contributed by atoms with Gasteiger partial charge >= 0.3 is 5.97 Å². The Morgan fingerprint density at radius 2 is 1.00 bits per heavy atom. The van der Waals surface area contributed by atoms with Crippen LogP contribution in [0.15, 0.2) is 357 Å². The molecule has 16 rings (SSSR count). The molecule has 0 atom stereocenters. The van der Waals surface area contributed by atoms with E-state index in [1.54, 1.807) is 55.1 Å². The zero-order chi connectivity index (χ0) is 79.6. The molecule has 2 aromatic heterocycles. The third-order valence-corrected chi connectivity index (χ3v) is 21.3. The van der Waals surface area contributed by atoms with Crippen LogP contribution in [0.4, 0.5) is 5.69 Å². The minimum atomic E-state index is -1.64. The molecule has 22 heteroatoms. The van der Waals surface area contributed by atoms with E-state index in [0.29, 0.717) is 67.0 Å². The first-order chi connectivity index (χ1) is 55.3. The Bertz CT molecular complexity index is 5750. The number of thioether (sulfide) groups is 1. The van der Waals surface area contributed by atoms with Gasteiger partial charge in [-0.2, -0.15) is 0 Å². The van der Waals surface area contributed by atoms with Gasteiger partial charge in [-0.15, -0.1) is 11.8 Å². The molecule has 0 saturated carbocycles. The third kappa shape index (κ3) is 20.3. The van der Waals surface area contributed by atoms with Crippen molar-refractivity contribution in [3.05, 3.63) is 393 Å². The maximum absolute atomic E-state index is 13.1. The van der Waals surface area contributed by atoms with Crippen LogP contribution < -0.4 is 5.32 Å². The molecule has 0 spiro atoms. The zero-order valence-electron chi connectivity index (χ0n) is 61.0. The van der Waals surface area contributed by atoms with Gasteiger partial charge in [0.25, 0.3) is 5.79 Å². The van der Waals surface area contributed by atoms with Gasteiger partial charge in [-0.3, -0.25) is 14.2 Å². The summed E-state index contributed by atoms with van der Waals surface area (Å²) in [6.45, 7) is 2.97. The number of hydrogen-bond donors (Lipinski definition) is 1. The smallest absolute Gasteiger partial charge is 0.331 e. The van der Waals surface area contributed by atoms with Crippen molar-refractivity contribution in [3.63, 3.8) is 0 Å². The van der Waals surface area contributed by atoms with Crippen LogP contribution in [0.25, 0.3) is 45.3 Å². The molecule has 564 valence electrons. The predicted molar refractivity (Wildman–Crippen MR) is 471 cm³/mol. The second kappa shape index (κ2) is 38.2. The Hall–Kier alpha value is -11.0. The number of thiocarbonyl (C=S) groups is 1. The molecular weight excluding hydrogens is 1600 g/mol. The number of aryl methyl sites for hydroxylation is 1. The van der Waals surface area contributed by atoms with E-state index in [2.05, 4.69) is 90.7 Å². The fraction of sp³-hybridized carbons (Fsp3) is 0.0761. The van der Waals surface area contributed by atoms with Gasteiger partial charge in [0.2, 0.25) is 9.58 Å². The normalized spacial score (nSPS) is 12.6. The van der Waals surface area contributed by atoms with Gasteiger partial charge in [0.05, 0.1) is 37.8 Å². The molecule has 2 aliphatic rings. The fourth-order valence-corrected chi connectivity index (χ4v) is 15.1. The van der Waals surface area contributed by atoms with Crippen molar-refractivity contribution in [1.82, 2.24) is 24.5 Å². The molecule has 4 heterocycles. The number of Topliss-reactive ketones (excluding diaryl/α,β-unsaturated/α-hetero) is 1. The van der Waals surface area contributed by atoms with E-state index >= 15 is 0 Å². The van der Waals surface area contributed by atoms with Crippen LogP contribution in [-0.2, 0) is 25.6 Å². The summed E-state index contributed by atoms with van der Waals surface area (Å²) in [7, 11) is 0. The summed E-state index contributed by atoms with van der Waals surface area (Å²) < 4.78 is 0.489. The highest BCUT2D eigenvalue weighted by Crippen LogP contribution is 2.49. The topological polar surface area (TPSA) is 166 Å². The van der Waals surface area contributed by atoms with Crippen molar-refractivity contribution < 1.29 is 19.2 Å². The number of imidazole rings is 1. The molecule has 0 bridgehead atoms. The lowest BCUT2D eigenvalue weighted by molar-refractivity contribution is -0.140. The molecule has 2 aliphatic heterocycles. The molecule has 0 radical (unpaired) electrons. The maximum Gasteiger partial charge on any atom is 0.331 e. The standard InChI is InChI=1S/C42H28Cl2N4.C31H24ClNO4S2.C11H8Cl3N3.C8H7NS/c43-35-27-15-13-25-33(35)41-45-39(31-21-9-3-10-22-31)40(32-23-11-4-12-24-32)48(41)42(34-26-14-16-28-36(34)44)46-37(29-17-5-1-6-18-29)38(47-42)30-19-7-2-8-20-30;1-21(34)37-33-29(19-20-38-26-17-11-25(32)12-18-26)31(36)24-9-15-28(16-10-24)39-27-13-7-23(8-14-27)30(35)22-5-3-2-4-6-22;1-7-15-9(8-5-3-2-4-6-8)17-10(16-7)11(12,13)14;10-8-5-6-3-1-2-4-7(6)9-8/h1-28H;2-18H,19-20H2,1H3;2-6H,1H3;1-4H,5H2,(H,9,10)/b;33-29+;;. The average Bonchev–Trinajstić information content (AvgIpc) is 1.53. The molecular formula is C92H67Cl6N9O4S3. The molecule has 0 fully saturated rings. The predicted octanol–water partition coefficient (Wildman–Crippen LogP) is 24.5. The highest BCUT2D eigenvalue weighted by molar-refractivity contribution is 7.99. The van der Waals surface area contributed by atoms with Crippen molar-refractivity contribution in [3.8, 4) is 45.3 Å². The second-order valence-corrected chi connectivity index (χ2v) is 31.9. The van der Waals surface area contributed by atoms with Gasteiger partial charge in [-0.1, -0.05) is 329 Å². The number of alkyl halides is 3. The number of carbonyl (C=O) groups is 3. The number of benzene rings is 12. The van der Waals surface area contributed by atoms with E-state index in [1.165, 1.54) is 29.9 Å². The fourth-order valence-electron chi connectivity index (χ4n) is 12.3. The highest BCUT2D eigenvalue weighted by atomic mass is 35.6. The average molecular weight is 1670 g/mol. The van der Waals surface area contributed by atoms with Crippen molar-refractivity contribution in [2.24, 2.45) is 15.1 Å². The number of rotatable bonds is 19. The van der Waals surface area contributed by atoms with Gasteiger partial charge in [0.15, 0.2) is 17.4 Å². The van der Waals surface area contributed by atoms with Gasteiger partial charge in [0, 0.05) is 107 Å². The minimum Gasteiger partial charge on any atom is -0.350 e. The molecule has 13 nitrogen and oxygen atoms in total. The monoisotopic (exact) mass is 1670 g/mol. The van der Waals surface area contributed by atoms with Crippen LogP contribution in [0.1, 0.15) is 73.5 Å². The molecule has 0 aliphatic carbocycles. The van der Waals surface area contributed by atoms with Crippen LogP contribution in [0.5, 0.6) is 0 Å². The summed E-state index contributed by atoms with van der Waals surface area (Å²) in [5.41, 5.74) is 13.6. The van der Waals surface area contributed by atoms with Crippen molar-refractivity contribution in [2.75, 3.05) is 11.1 Å². The number of hydrogen-bond acceptors (Lipinski definition) is 14. The molecule has 0 unspecified atom stereocenters. The number of nitrogens with one attached hydrogen (secondary N) is 1. The van der Waals surface area contributed by atoms with E-state index in [-0.39, 0.29) is 23.1 Å². The summed E-state index contributed by atoms with van der Waals surface area (Å²) >= 11 is 45.5. The van der Waals surface area contributed by atoms with Crippen molar-refractivity contribution >= 4 is 151 Å². The Morgan fingerprint density at radius 3 is 1.55 bits per heavy atom. The van der Waals surface area contributed by atoms with E-state index in [1.807, 2.05) is 231 Å². The number of fused-ring (bicyclic) bond motifs is 1. The molecule has 0 saturated heterocycles. The molecule has 14 aromatic rings. The first-order valence-corrected chi connectivity index (χ1v) is 40.3. The van der Waals surface area contributed by atoms with Crippen LogP contribution in [0.3, 0.4) is 0 Å². The highest BCUT2D eigenvalue weighted by Gasteiger charge is 2.46. The number of oxime groups is 1. The quantitative estimate of drug-likeness (QED) is 0.0155. The number of anilines is 1. The number of nitrogens with zero attached hydrogens (tertiary/aromatic N) is 8. The van der Waals surface area contributed by atoms with E-state index in [9.17, 15) is 14.4 Å². The van der Waals surface area contributed by atoms with Gasteiger partial charge in [-0.25, -0.2) is 34.7 Å². The first kappa shape index (κ1) is 81.0. The van der Waals surface area contributed by atoms with E-state index in [0.717, 1.165) is 82.3 Å². The van der Waals surface area contributed by atoms with Crippen LogP contribution in [-0.4, -0.2) is 69.9 Å². The number of aliphatic imine (C=N–C) groups is 2. The van der Waals surface area contributed by atoms with Gasteiger partial charge in [0.1, 0.15) is 17.4 Å². The lowest BCUT2D eigenvalue weighted by Crippen LogP contribution is -2.31. The summed E-state index contributed by atoms with van der Waals surface area (Å²) in [5.74, 6) is 0.0226. The number of carbonyl (C=O) groups excluding carboxylic acids is 3. The van der Waals surface area contributed by atoms with Gasteiger partial charge < -0.3 is 10.2 Å². The number of para-hydroxylation sites is 1. The Balaban J connectivity index is 0.000000152. The minimum absolute atomic E-state index is 0.0206. The number of halogens is 6. The molecule has 12 aromatic carbocycles. The molecule has 0 amide bonds. The number of aromatic nitrogens is 5. The van der Waals surface area contributed by atoms with Crippen molar-refractivity contribution in [1.29, 1.82) is 0 Å².